The minimum atomic E-state index is -2.89. The van der Waals surface area contributed by atoms with Gasteiger partial charge in [0.1, 0.15) is 5.92 Å². The number of amides is 1. The molecule has 1 aromatic carbocycles. The summed E-state index contributed by atoms with van der Waals surface area (Å²) in [6.45, 7) is 3.32. The minimum absolute atomic E-state index is 0.506. The van der Waals surface area contributed by atoms with Crippen LogP contribution in [0.3, 0.4) is 0 Å². The number of hydrogen-bond acceptors (Lipinski definition) is 2. The number of pyridine rings is 1. The summed E-state index contributed by atoms with van der Waals surface area (Å²) in [5, 5.41) is 2.58. The van der Waals surface area contributed by atoms with E-state index in [0.29, 0.717) is 5.69 Å². The molecular weight excluding hydrogens is 286 g/mol. The average Bonchev–Trinajstić information content (AvgIpc) is 3.00. The normalized spacial score (nSPS) is 22.2. The number of carbonyl (C=O) groups is 1. The first-order valence-electron chi connectivity index (χ1n) is 7.12. The third-order valence-electron chi connectivity index (χ3n) is 4.14. The van der Waals surface area contributed by atoms with Crippen LogP contribution in [-0.4, -0.2) is 16.8 Å². The first kappa shape index (κ1) is 14.6. The molecule has 0 unspecified atom stereocenters. The van der Waals surface area contributed by atoms with Gasteiger partial charge in [0.25, 0.3) is 5.92 Å². The molecule has 0 spiro atoms. The Labute approximate surface area is 127 Å². The molecule has 2 atom stereocenters. The van der Waals surface area contributed by atoms with Gasteiger partial charge in [-0.25, -0.2) is 8.78 Å². The Morgan fingerprint density at radius 3 is 2.59 bits per heavy atom. The number of halogens is 2. The summed E-state index contributed by atoms with van der Waals surface area (Å²) < 4.78 is 26.6. The quantitative estimate of drug-likeness (QED) is 0.934. The van der Waals surface area contributed by atoms with E-state index in [4.69, 9.17) is 0 Å². The number of anilines is 1. The molecule has 1 N–H and O–H groups in total. The Bertz CT molecular complexity index is 716. The van der Waals surface area contributed by atoms with Gasteiger partial charge in [0.2, 0.25) is 5.91 Å². The van der Waals surface area contributed by atoms with Crippen molar-refractivity contribution in [2.45, 2.75) is 19.8 Å². The van der Waals surface area contributed by atoms with Crippen molar-refractivity contribution >= 4 is 11.6 Å². The fourth-order valence-corrected chi connectivity index (χ4v) is 2.60. The van der Waals surface area contributed by atoms with Gasteiger partial charge in [0.15, 0.2) is 0 Å². The topological polar surface area (TPSA) is 42.0 Å². The second-order valence-corrected chi connectivity index (χ2v) is 5.67. The molecule has 3 rings (SSSR count). The number of benzene rings is 1. The summed E-state index contributed by atoms with van der Waals surface area (Å²) >= 11 is 0. The monoisotopic (exact) mass is 302 g/mol. The summed E-state index contributed by atoms with van der Waals surface area (Å²) in [4.78, 5) is 16.2. The number of aromatic nitrogens is 1. The first-order valence-corrected chi connectivity index (χ1v) is 7.12. The van der Waals surface area contributed by atoms with Gasteiger partial charge in [-0.2, -0.15) is 0 Å². The highest BCUT2D eigenvalue weighted by atomic mass is 19.3. The predicted molar refractivity (Wildman–Crippen MR) is 80.6 cm³/mol. The molecule has 1 aromatic heterocycles. The highest BCUT2D eigenvalue weighted by Crippen LogP contribution is 2.55. The Morgan fingerprint density at radius 1 is 1.27 bits per heavy atom. The maximum atomic E-state index is 13.3. The molecule has 0 radical (unpaired) electrons. The maximum absolute atomic E-state index is 13.3. The average molecular weight is 302 g/mol. The molecule has 0 aliphatic heterocycles. The lowest BCUT2D eigenvalue weighted by Gasteiger charge is -2.10. The molecule has 2 aromatic rings. The number of rotatable bonds is 3. The fourth-order valence-electron chi connectivity index (χ4n) is 2.60. The van der Waals surface area contributed by atoms with E-state index < -0.39 is 23.7 Å². The molecule has 114 valence electrons. The van der Waals surface area contributed by atoms with Gasteiger partial charge in [-0.15, -0.1) is 0 Å². The SMILES string of the molecule is Cc1ccc(NC(=O)[C@H]2[C@@H](C)C2(F)F)cc1-c1ccccn1. The van der Waals surface area contributed by atoms with Crippen LogP contribution in [0.5, 0.6) is 0 Å². The van der Waals surface area contributed by atoms with Crippen molar-refractivity contribution in [1.82, 2.24) is 4.98 Å². The van der Waals surface area contributed by atoms with Crippen LogP contribution in [0.25, 0.3) is 11.3 Å². The number of aryl methyl sites for hydroxylation is 1. The van der Waals surface area contributed by atoms with Crippen molar-refractivity contribution < 1.29 is 13.6 Å². The number of hydrogen-bond donors (Lipinski definition) is 1. The van der Waals surface area contributed by atoms with Crippen LogP contribution in [0.15, 0.2) is 42.6 Å². The van der Waals surface area contributed by atoms with Crippen molar-refractivity contribution in [3.05, 3.63) is 48.2 Å². The highest BCUT2D eigenvalue weighted by molar-refractivity contribution is 5.96. The van der Waals surface area contributed by atoms with Crippen molar-refractivity contribution in [3.63, 3.8) is 0 Å². The Balaban J connectivity index is 1.83. The minimum Gasteiger partial charge on any atom is -0.326 e. The van der Waals surface area contributed by atoms with Crippen molar-refractivity contribution in [2.75, 3.05) is 5.32 Å². The van der Waals surface area contributed by atoms with Crippen LogP contribution in [0.2, 0.25) is 0 Å². The van der Waals surface area contributed by atoms with Crippen LogP contribution in [0, 0.1) is 18.8 Å². The maximum Gasteiger partial charge on any atom is 0.263 e. The molecule has 1 aliphatic carbocycles. The summed E-state index contributed by atoms with van der Waals surface area (Å²) in [5.41, 5.74) is 3.16. The Kier molecular flexibility index (Phi) is 3.43. The van der Waals surface area contributed by atoms with E-state index in [-0.39, 0.29) is 0 Å². The van der Waals surface area contributed by atoms with E-state index in [1.165, 1.54) is 6.92 Å². The van der Waals surface area contributed by atoms with Crippen LogP contribution in [-0.2, 0) is 4.79 Å². The summed E-state index contributed by atoms with van der Waals surface area (Å²) in [7, 11) is 0. The molecule has 0 saturated heterocycles. The van der Waals surface area contributed by atoms with Gasteiger partial charge < -0.3 is 5.32 Å². The summed E-state index contributed by atoms with van der Waals surface area (Å²) in [5.74, 6) is -5.65. The zero-order valence-electron chi connectivity index (χ0n) is 12.3. The standard InChI is InChI=1S/C17H16F2N2O/c1-10-6-7-12(9-13(10)14-5-3-4-8-20-14)21-16(22)15-11(2)17(15,18)19/h3-9,11,15H,1-2H3,(H,21,22)/t11-,15-/m1/s1. The lowest BCUT2D eigenvalue weighted by atomic mass is 10.0. The fraction of sp³-hybridized carbons (Fsp3) is 0.294. The number of nitrogens with zero attached hydrogens (tertiary/aromatic N) is 1. The van der Waals surface area contributed by atoms with Crippen LogP contribution < -0.4 is 5.32 Å². The summed E-state index contributed by atoms with van der Waals surface area (Å²) in [6.07, 6.45) is 1.69. The van der Waals surface area contributed by atoms with Crippen LogP contribution in [0.4, 0.5) is 14.5 Å². The second-order valence-electron chi connectivity index (χ2n) is 5.67. The van der Waals surface area contributed by atoms with E-state index in [1.807, 2.05) is 31.2 Å². The van der Waals surface area contributed by atoms with Gasteiger partial charge in [-0.1, -0.05) is 19.1 Å². The molecule has 1 saturated carbocycles. The molecule has 22 heavy (non-hydrogen) atoms. The molecule has 1 fully saturated rings. The van der Waals surface area contributed by atoms with Gasteiger partial charge in [-0.3, -0.25) is 9.78 Å². The Morgan fingerprint density at radius 2 is 2.00 bits per heavy atom. The molecule has 1 heterocycles. The van der Waals surface area contributed by atoms with E-state index in [0.717, 1.165) is 16.8 Å². The van der Waals surface area contributed by atoms with Crippen molar-refractivity contribution in [3.8, 4) is 11.3 Å². The van der Waals surface area contributed by atoms with Gasteiger partial charge >= 0.3 is 0 Å². The van der Waals surface area contributed by atoms with Crippen LogP contribution >= 0.6 is 0 Å². The lowest BCUT2D eigenvalue weighted by molar-refractivity contribution is -0.119. The lowest BCUT2D eigenvalue weighted by Crippen LogP contribution is -2.17. The van der Waals surface area contributed by atoms with Gasteiger partial charge in [-0.05, 0) is 36.8 Å². The molecule has 1 aliphatic rings. The zero-order chi connectivity index (χ0) is 15.9. The summed E-state index contributed by atoms with van der Waals surface area (Å²) in [6, 6.07) is 10.9. The van der Waals surface area contributed by atoms with Crippen molar-refractivity contribution in [2.24, 2.45) is 11.8 Å². The van der Waals surface area contributed by atoms with Gasteiger partial charge in [0.05, 0.1) is 5.69 Å². The first-order chi connectivity index (χ1) is 10.4. The second kappa shape index (κ2) is 5.16. The molecule has 5 heteroatoms. The van der Waals surface area contributed by atoms with E-state index in [1.54, 1.807) is 18.3 Å². The number of nitrogens with one attached hydrogen (secondary N) is 1. The molecule has 3 nitrogen and oxygen atoms in total. The van der Waals surface area contributed by atoms with Crippen LogP contribution in [0.1, 0.15) is 12.5 Å². The molecule has 1 amide bonds. The van der Waals surface area contributed by atoms with E-state index in [2.05, 4.69) is 10.3 Å². The number of alkyl halides is 2. The zero-order valence-corrected chi connectivity index (χ0v) is 12.3. The predicted octanol–water partition coefficient (Wildman–Crippen LogP) is 3.90. The van der Waals surface area contributed by atoms with Crippen molar-refractivity contribution in [1.29, 1.82) is 0 Å². The Hall–Kier alpha value is -2.30. The molecule has 0 bridgehead atoms. The van der Waals surface area contributed by atoms with E-state index >= 15 is 0 Å². The van der Waals surface area contributed by atoms with Gasteiger partial charge in [0, 0.05) is 23.4 Å². The third kappa shape index (κ3) is 2.47. The largest absolute Gasteiger partial charge is 0.326 e. The smallest absolute Gasteiger partial charge is 0.263 e. The molecular formula is C17H16F2N2O. The van der Waals surface area contributed by atoms with E-state index in [9.17, 15) is 13.6 Å². The number of carbonyl (C=O) groups excluding carboxylic acids is 1. The third-order valence-corrected chi connectivity index (χ3v) is 4.14. The highest BCUT2D eigenvalue weighted by Gasteiger charge is 2.69.